The van der Waals surface area contributed by atoms with Crippen LogP contribution in [0, 0.1) is 23.2 Å². The van der Waals surface area contributed by atoms with Gasteiger partial charge in [-0.25, -0.2) is 4.98 Å². The highest BCUT2D eigenvalue weighted by Gasteiger charge is 2.55. The van der Waals surface area contributed by atoms with E-state index in [9.17, 15) is 5.11 Å². The summed E-state index contributed by atoms with van der Waals surface area (Å²) in [7, 11) is 2.18. The number of nitrogens with one attached hydrogen (secondary N) is 2. The summed E-state index contributed by atoms with van der Waals surface area (Å²) >= 11 is 0. The Labute approximate surface area is 196 Å². The van der Waals surface area contributed by atoms with Crippen molar-refractivity contribution in [1.82, 2.24) is 14.9 Å². The molecule has 1 aromatic carbocycles. The summed E-state index contributed by atoms with van der Waals surface area (Å²) in [5.41, 5.74) is 2.47. The maximum atomic E-state index is 10.0. The van der Waals surface area contributed by atoms with Gasteiger partial charge in [0.2, 0.25) is 5.95 Å². The second-order valence-electron chi connectivity index (χ2n) is 11.0. The van der Waals surface area contributed by atoms with Gasteiger partial charge in [-0.05, 0) is 92.7 Å². The Bertz CT molecular complexity index is 957. The number of benzene rings is 1. The molecule has 2 heterocycles. The first-order chi connectivity index (χ1) is 16.1. The number of aliphatic hydroxyl groups excluding tert-OH is 1. The number of aromatic nitrogens is 2. The zero-order chi connectivity index (χ0) is 22.4. The summed E-state index contributed by atoms with van der Waals surface area (Å²) < 4.78 is 0. The van der Waals surface area contributed by atoms with Crippen molar-refractivity contribution in [1.29, 1.82) is 0 Å². The van der Waals surface area contributed by atoms with E-state index < -0.39 is 0 Å². The smallest absolute Gasteiger partial charge is 0.229 e. The van der Waals surface area contributed by atoms with Crippen LogP contribution in [0.25, 0.3) is 0 Å². The molecule has 2 aromatic rings. The third kappa shape index (κ3) is 4.17. The average Bonchev–Trinajstić information content (AvgIpc) is 2.82. The standard InChI is InChI=1S/C26H36N6O/c1-31-8-10-32(11-9-31)22-4-2-21(3-5-22)28-25-27-7-6-23(30-25)29-24-19-12-18-13-20(24)16-26(14-18,15-19)17-33/h2-7,18-20,24,33H,8-17H2,1H3,(H2,27,28,29,30). The molecule has 1 saturated heterocycles. The van der Waals surface area contributed by atoms with E-state index in [4.69, 9.17) is 4.98 Å². The minimum absolute atomic E-state index is 0.198. The van der Waals surface area contributed by atoms with Gasteiger partial charge >= 0.3 is 0 Å². The number of anilines is 4. The van der Waals surface area contributed by atoms with E-state index in [1.165, 1.54) is 24.9 Å². The monoisotopic (exact) mass is 448 g/mol. The van der Waals surface area contributed by atoms with Crippen molar-refractivity contribution in [3.05, 3.63) is 36.5 Å². The van der Waals surface area contributed by atoms with Crippen molar-refractivity contribution in [3.63, 3.8) is 0 Å². The van der Waals surface area contributed by atoms with Crippen molar-refractivity contribution < 1.29 is 5.11 Å². The molecule has 0 amide bonds. The molecule has 7 nitrogen and oxygen atoms in total. The van der Waals surface area contributed by atoms with Gasteiger partial charge in [0, 0.05) is 56.4 Å². The van der Waals surface area contributed by atoms with Crippen LogP contribution in [0.5, 0.6) is 0 Å². The Morgan fingerprint density at radius 1 is 1.00 bits per heavy atom. The van der Waals surface area contributed by atoms with Gasteiger partial charge in [-0.2, -0.15) is 4.98 Å². The maximum Gasteiger partial charge on any atom is 0.229 e. The SMILES string of the molecule is CN1CCN(c2ccc(Nc3nccc(NC4C5CC6CC4CC(CO)(C6)C5)n3)cc2)CC1. The Balaban J connectivity index is 1.11. The van der Waals surface area contributed by atoms with E-state index in [2.05, 4.69) is 56.7 Å². The summed E-state index contributed by atoms with van der Waals surface area (Å²) in [6.07, 6.45) is 7.98. The summed E-state index contributed by atoms with van der Waals surface area (Å²) in [4.78, 5) is 14.0. The second kappa shape index (κ2) is 8.44. The topological polar surface area (TPSA) is 76.5 Å². The first-order valence-electron chi connectivity index (χ1n) is 12.6. The van der Waals surface area contributed by atoms with Crippen LogP contribution in [0.4, 0.5) is 23.1 Å². The lowest BCUT2D eigenvalue weighted by Gasteiger charge is -2.59. The number of piperazine rings is 1. The molecule has 3 N–H and O–H groups in total. The first-order valence-corrected chi connectivity index (χ1v) is 12.6. The lowest BCUT2D eigenvalue weighted by atomic mass is 9.48. The predicted octanol–water partition coefficient (Wildman–Crippen LogP) is 3.57. The zero-order valence-electron chi connectivity index (χ0n) is 19.6. The number of rotatable bonds is 6. The Kier molecular flexibility index (Phi) is 5.41. The molecule has 0 radical (unpaired) electrons. The highest BCUT2D eigenvalue weighted by molar-refractivity contribution is 5.60. The van der Waals surface area contributed by atoms with E-state index in [0.29, 0.717) is 30.4 Å². The van der Waals surface area contributed by atoms with Crippen LogP contribution in [0.3, 0.4) is 0 Å². The first kappa shape index (κ1) is 21.2. The molecule has 7 heteroatoms. The Hall–Kier alpha value is -2.38. The average molecular weight is 449 g/mol. The lowest BCUT2D eigenvalue weighted by molar-refractivity contribution is -0.0869. The second-order valence-corrected chi connectivity index (χ2v) is 11.0. The van der Waals surface area contributed by atoms with E-state index >= 15 is 0 Å². The minimum atomic E-state index is 0.198. The third-order valence-electron chi connectivity index (χ3n) is 8.70. The molecule has 2 atom stereocenters. The van der Waals surface area contributed by atoms with Gasteiger partial charge in [-0.3, -0.25) is 0 Å². The van der Waals surface area contributed by atoms with Crippen LogP contribution < -0.4 is 15.5 Å². The van der Waals surface area contributed by atoms with Gasteiger partial charge in [-0.15, -0.1) is 0 Å². The van der Waals surface area contributed by atoms with Crippen LogP contribution in [-0.2, 0) is 0 Å². The van der Waals surface area contributed by atoms with Crippen molar-refractivity contribution in [2.45, 2.75) is 38.1 Å². The molecule has 33 heavy (non-hydrogen) atoms. The van der Waals surface area contributed by atoms with Crippen molar-refractivity contribution >= 4 is 23.1 Å². The number of hydrogen-bond acceptors (Lipinski definition) is 7. The molecule has 1 aromatic heterocycles. The van der Waals surface area contributed by atoms with Crippen LogP contribution >= 0.6 is 0 Å². The quantitative estimate of drug-likeness (QED) is 0.624. The van der Waals surface area contributed by atoms with Gasteiger partial charge in [0.05, 0.1) is 0 Å². The summed E-state index contributed by atoms with van der Waals surface area (Å²) in [5.74, 6) is 3.64. The normalized spacial score (nSPS) is 33.3. The summed E-state index contributed by atoms with van der Waals surface area (Å²) in [6, 6.07) is 11.0. The summed E-state index contributed by atoms with van der Waals surface area (Å²) in [6.45, 7) is 4.72. The highest BCUT2D eigenvalue weighted by Crippen LogP contribution is 2.60. The number of likely N-dealkylation sites (N-methyl/N-ethyl adjacent to an activating group) is 1. The predicted molar refractivity (Wildman–Crippen MR) is 132 cm³/mol. The minimum Gasteiger partial charge on any atom is -0.396 e. The van der Waals surface area contributed by atoms with Crippen molar-refractivity contribution in [2.75, 3.05) is 55.4 Å². The fourth-order valence-electron chi connectivity index (χ4n) is 7.24. The molecular weight excluding hydrogens is 412 g/mol. The molecule has 5 aliphatic rings. The van der Waals surface area contributed by atoms with E-state index in [1.54, 1.807) is 0 Å². The Morgan fingerprint density at radius 2 is 1.73 bits per heavy atom. The van der Waals surface area contributed by atoms with E-state index in [0.717, 1.165) is 56.4 Å². The van der Waals surface area contributed by atoms with E-state index in [-0.39, 0.29) is 5.41 Å². The molecular formula is C26H36N6O. The fourth-order valence-corrected chi connectivity index (χ4v) is 7.24. The molecule has 4 saturated carbocycles. The molecule has 176 valence electrons. The van der Waals surface area contributed by atoms with Gasteiger partial charge in [0.15, 0.2) is 0 Å². The molecule has 7 rings (SSSR count). The lowest BCUT2D eigenvalue weighted by Crippen LogP contribution is -2.57. The number of hydrogen-bond donors (Lipinski definition) is 3. The third-order valence-corrected chi connectivity index (χ3v) is 8.70. The molecule has 1 aliphatic heterocycles. The van der Waals surface area contributed by atoms with Crippen molar-refractivity contribution in [2.24, 2.45) is 23.2 Å². The molecule has 2 unspecified atom stereocenters. The summed E-state index contributed by atoms with van der Waals surface area (Å²) in [5, 5.41) is 17.2. The zero-order valence-corrected chi connectivity index (χ0v) is 19.6. The van der Waals surface area contributed by atoms with Gasteiger partial charge in [0.1, 0.15) is 5.82 Å². The van der Waals surface area contributed by atoms with Gasteiger partial charge in [-0.1, -0.05) is 0 Å². The Morgan fingerprint density at radius 3 is 2.42 bits per heavy atom. The van der Waals surface area contributed by atoms with Gasteiger partial charge in [0.25, 0.3) is 0 Å². The maximum absolute atomic E-state index is 10.0. The van der Waals surface area contributed by atoms with Crippen LogP contribution in [0.1, 0.15) is 32.1 Å². The highest BCUT2D eigenvalue weighted by atomic mass is 16.3. The fraction of sp³-hybridized carbons (Fsp3) is 0.615. The molecule has 5 fully saturated rings. The van der Waals surface area contributed by atoms with E-state index in [1.807, 2.05) is 12.3 Å². The molecule has 4 bridgehead atoms. The largest absolute Gasteiger partial charge is 0.396 e. The molecule has 0 spiro atoms. The van der Waals surface area contributed by atoms with Gasteiger partial charge < -0.3 is 25.5 Å². The number of nitrogens with zero attached hydrogens (tertiary/aromatic N) is 4. The van der Waals surface area contributed by atoms with Crippen molar-refractivity contribution in [3.8, 4) is 0 Å². The number of aliphatic hydroxyl groups is 1. The van der Waals surface area contributed by atoms with Crippen LogP contribution in [0.2, 0.25) is 0 Å². The molecule has 4 aliphatic carbocycles. The van der Waals surface area contributed by atoms with Crippen LogP contribution in [-0.4, -0.2) is 65.8 Å². The van der Waals surface area contributed by atoms with Crippen LogP contribution in [0.15, 0.2) is 36.5 Å².